The Labute approximate surface area is 166 Å². The van der Waals surface area contributed by atoms with Crippen LogP contribution in [0.5, 0.6) is 0 Å². The summed E-state index contributed by atoms with van der Waals surface area (Å²) in [6.45, 7) is 0.685. The number of imide groups is 2. The van der Waals surface area contributed by atoms with Gasteiger partial charge in [-0.15, -0.1) is 0 Å². The van der Waals surface area contributed by atoms with Crippen molar-refractivity contribution < 1.29 is 14.4 Å². The summed E-state index contributed by atoms with van der Waals surface area (Å²) in [6, 6.07) is 9.49. The molecule has 28 heavy (non-hydrogen) atoms. The molecule has 5 nitrogen and oxygen atoms in total. The number of hydrogen-bond acceptors (Lipinski definition) is 3. The van der Waals surface area contributed by atoms with Gasteiger partial charge in [-0.3, -0.25) is 19.4 Å². The number of aryl methyl sites for hydroxylation is 1. The lowest BCUT2D eigenvalue weighted by Gasteiger charge is -2.32. The number of carbonyl (C=O) groups is 3. The van der Waals surface area contributed by atoms with E-state index in [9.17, 15) is 14.4 Å². The van der Waals surface area contributed by atoms with Gasteiger partial charge in [0.2, 0.25) is 11.8 Å². The molecule has 2 aliphatic rings. The summed E-state index contributed by atoms with van der Waals surface area (Å²) in [5.41, 5.74) is 2.35. The van der Waals surface area contributed by atoms with Crippen LogP contribution in [0.4, 0.5) is 4.79 Å². The molecule has 0 atom stereocenters. The van der Waals surface area contributed by atoms with Crippen molar-refractivity contribution in [2.24, 2.45) is 0 Å². The number of carbonyl (C=O) groups excluding carboxylic acids is 3. The van der Waals surface area contributed by atoms with Crippen LogP contribution in [0.3, 0.4) is 0 Å². The van der Waals surface area contributed by atoms with Gasteiger partial charge in [0, 0.05) is 13.1 Å². The van der Waals surface area contributed by atoms with E-state index in [0.29, 0.717) is 25.9 Å². The maximum absolute atomic E-state index is 12.7. The summed E-state index contributed by atoms with van der Waals surface area (Å²) in [4.78, 5) is 39.6. The molecule has 1 saturated heterocycles. The minimum absolute atomic E-state index is 0.220. The number of amides is 4. The molecule has 146 valence electrons. The lowest BCUT2D eigenvalue weighted by atomic mass is 10.1. The third-order valence-electron chi connectivity index (χ3n) is 4.95. The fraction of sp³-hybridized carbons (Fsp3) is 0.348. The van der Waals surface area contributed by atoms with Crippen LogP contribution in [0, 0.1) is 0 Å². The average Bonchev–Trinajstić information content (AvgIpc) is 2.96. The van der Waals surface area contributed by atoms with E-state index in [2.05, 4.69) is 24.3 Å². The summed E-state index contributed by atoms with van der Waals surface area (Å²) < 4.78 is 0. The molecule has 1 aliphatic carbocycles. The first-order valence-electron chi connectivity index (χ1n) is 9.86. The Bertz CT molecular complexity index is 808. The summed E-state index contributed by atoms with van der Waals surface area (Å²) in [6.07, 6.45) is 14.0. The topological polar surface area (TPSA) is 57.7 Å². The lowest BCUT2D eigenvalue weighted by Crippen LogP contribution is -2.55. The Morgan fingerprint density at radius 1 is 0.821 bits per heavy atom. The normalized spacial score (nSPS) is 17.1. The molecular formula is C23H26N2O3. The fourth-order valence-electron chi connectivity index (χ4n) is 3.44. The Morgan fingerprint density at radius 3 is 2.21 bits per heavy atom. The molecule has 1 aliphatic heterocycles. The first-order valence-corrected chi connectivity index (χ1v) is 9.86. The van der Waals surface area contributed by atoms with Gasteiger partial charge in [-0.2, -0.15) is 0 Å². The SMILES string of the molecule is O=C1CC(=O)N(CCCc2ccccc2)C(=O)N1CCCC1=CC=CCC=C1. The largest absolute Gasteiger partial charge is 0.333 e. The van der Waals surface area contributed by atoms with Crippen LogP contribution in [0.25, 0.3) is 0 Å². The zero-order valence-corrected chi connectivity index (χ0v) is 16.0. The minimum atomic E-state index is -0.473. The van der Waals surface area contributed by atoms with Gasteiger partial charge in [0.05, 0.1) is 0 Å². The molecular weight excluding hydrogens is 352 g/mol. The van der Waals surface area contributed by atoms with Crippen molar-refractivity contribution in [2.45, 2.75) is 38.5 Å². The molecule has 0 bridgehead atoms. The quantitative estimate of drug-likeness (QED) is 0.642. The molecule has 0 radical (unpaired) electrons. The van der Waals surface area contributed by atoms with E-state index in [1.807, 2.05) is 36.4 Å². The van der Waals surface area contributed by atoms with Crippen LogP contribution in [0.15, 0.2) is 66.3 Å². The molecule has 0 unspecified atom stereocenters. The number of urea groups is 1. The molecule has 0 aromatic heterocycles. The number of hydrogen-bond donors (Lipinski definition) is 0. The molecule has 1 aromatic carbocycles. The van der Waals surface area contributed by atoms with E-state index in [0.717, 1.165) is 19.3 Å². The number of barbiturate groups is 1. The highest BCUT2D eigenvalue weighted by atomic mass is 16.2. The highest BCUT2D eigenvalue weighted by Crippen LogP contribution is 2.17. The standard InChI is InChI=1S/C23H26N2O3/c26-21-18-22(27)25(17-9-15-20-12-6-3-7-13-20)23(28)24(21)16-8-14-19-10-4-1-2-5-11-19/h1,3-7,10-13H,2,8-9,14-18H2. The van der Waals surface area contributed by atoms with Crippen LogP contribution < -0.4 is 0 Å². The van der Waals surface area contributed by atoms with E-state index >= 15 is 0 Å². The van der Waals surface area contributed by atoms with Crippen molar-refractivity contribution in [1.29, 1.82) is 0 Å². The van der Waals surface area contributed by atoms with E-state index in [4.69, 9.17) is 0 Å². The van der Waals surface area contributed by atoms with Crippen LogP contribution in [-0.4, -0.2) is 40.7 Å². The second kappa shape index (κ2) is 9.83. The summed E-state index contributed by atoms with van der Waals surface area (Å²) >= 11 is 0. The zero-order chi connectivity index (χ0) is 19.8. The van der Waals surface area contributed by atoms with E-state index in [1.165, 1.54) is 20.9 Å². The predicted molar refractivity (Wildman–Crippen MR) is 108 cm³/mol. The average molecular weight is 378 g/mol. The summed E-state index contributed by atoms with van der Waals surface area (Å²) in [7, 11) is 0. The van der Waals surface area contributed by atoms with Gasteiger partial charge in [-0.1, -0.05) is 60.7 Å². The van der Waals surface area contributed by atoms with Gasteiger partial charge < -0.3 is 0 Å². The Hall–Kier alpha value is -2.95. The Balaban J connectivity index is 1.52. The van der Waals surface area contributed by atoms with Crippen molar-refractivity contribution in [1.82, 2.24) is 9.80 Å². The van der Waals surface area contributed by atoms with Crippen LogP contribution in [-0.2, 0) is 16.0 Å². The van der Waals surface area contributed by atoms with Gasteiger partial charge in [-0.05, 0) is 43.2 Å². The van der Waals surface area contributed by atoms with Gasteiger partial charge in [-0.25, -0.2) is 4.79 Å². The van der Waals surface area contributed by atoms with Gasteiger partial charge in [0.15, 0.2) is 0 Å². The van der Waals surface area contributed by atoms with Crippen LogP contribution >= 0.6 is 0 Å². The van der Waals surface area contributed by atoms with Gasteiger partial charge >= 0.3 is 6.03 Å². The lowest BCUT2D eigenvalue weighted by molar-refractivity contribution is -0.142. The molecule has 0 N–H and O–H groups in total. The van der Waals surface area contributed by atoms with E-state index in [-0.39, 0.29) is 18.2 Å². The number of nitrogens with zero attached hydrogens (tertiary/aromatic N) is 2. The highest BCUT2D eigenvalue weighted by molar-refractivity contribution is 6.14. The summed E-state index contributed by atoms with van der Waals surface area (Å²) in [5.74, 6) is -0.779. The highest BCUT2D eigenvalue weighted by Gasteiger charge is 2.37. The van der Waals surface area contributed by atoms with Crippen molar-refractivity contribution in [3.05, 3.63) is 71.8 Å². The summed E-state index contributed by atoms with van der Waals surface area (Å²) in [5, 5.41) is 0. The Morgan fingerprint density at radius 2 is 1.50 bits per heavy atom. The minimum Gasteiger partial charge on any atom is -0.274 e. The third kappa shape index (κ3) is 5.28. The smallest absolute Gasteiger partial charge is 0.274 e. The van der Waals surface area contributed by atoms with Crippen molar-refractivity contribution in [2.75, 3.05) is 13.1 Å². The van der Waals surface area contributed by atoms with E-state index in [1.54, 1.807) is 0 Å². The van der Waals surface area contributed by atoms with Crippen LogP contribution in [0.1, 0.15) is 37.7 Å². The van der Waals surface area contributed by atoms with Crippen LogP contribution in [0.2, 0.25) is 0 Å². The second-order valence-electron chi connectivity index (χ2n) is 7.05. The maximum Gasteiger partial charge on any atom is 0.333 e. The van der Waals surface area contributed by atoms with Gasteiger partial charge in [0.1, 0.15) is 6.42 Å². The van der Waals surface area contributed by atoms with Crippen molar-refractivity contribution >= 4 is 17.8 Å². The Kier molecular flexibility index (Phi) is 6.95. The zero-order valence-electron chi connectivity index (χ0n) is 16.0. The molecule has 4 amide bonds. The molecule has 0 spiro atoms. The number of benzene rings is 1. The molecule has 5 heteroatoms. The van der Waals surface area contributed by atoms with Gasteiger partial charge in [0.25, 0.3) is 0 Å². The second-order valence-corrected chi connectivity index (χ2v) is 7.05. The number of allylic oxidation sites excluding steroid dienone is 6. The third-order valence-corrected chi connectivity index (χ3v) is 4.95. The predicted octanol–water partition coefficient (Wildman–Crippen LogP) is 4.02. The first-order chi connectivity index (χ1) is 13.6. The number of rotatable bonds is 8. The van der Waals surface area contributed by atoms with Crippen molar-refractivity contribution in [3.8, 4) is 0 Å². The molecule has 1 heterocycles. The monoisotopic (exact) mass is 378 g/mol. The van der Waals surface area contributed by atoms with E-state index < -0.39 is 6.03 Å². The molecule has 1 fully saturated rings. The maximum atomic E-state index is 12.7. The van der Waals surface area contributed by atoms with Crippen molar-refractivity contribution in [3.63, 3.8) is 0 Å². The fourth-order valence-corrected chi connectivity index (χ4v) is 3.44. The molecule has 0 saturated carbocycles. The molecule has 3 rings (SSSR count). The molecule has 1 aromatic rings. The first kappa shape index (κ1) is 19.8.